The molecule has 0 saturated carbocycles. The van der Waals surface area contributed by atoms with Gasteiger partial charge in [0, 0.05) is 27.2 Å². The third-order valence-electron chi connectivity index (χ3n) is 2.12. The van der Waals surface area contributed by atoms with Crippen molar-refractivity contribution in [1.29, 1.82) is 0 Å². The van der Waals surface area contributed by atoms with Gasteiger partial charge in [-0.1, -0.05) is 0 Å². The highest BCUT2D eigenvalue weighted by molar-refractivity contribution is 7.62. The molecular formula is C10H22N3O2P. The van der Waals surface area contributed by atoms with Gasteiger partial charge >= 0.3 is 0 Å². The predicted octanol–water partition coefficient (Wildman–Crippen LogP) is 1.22. The van der Waals surface area contributed by atoms with Gasteiger partial charge in [0.05, 0.1) is 5.60 Å². The zero-order chi connectivity index (χ0) is 12.6. The number of likely N-dealkylation sites (N-methyl/N-ethyl adjacent to an activating group) is 2. The lowest BCUT2D eigenvalue weighted by Gasteiger charge is -2.26. The molecule has 1 fully saturated rings. The molecule has 5 nitrogen and oxygen atoms in total. The first-order valence-electron chi connectivity index (χ1n) is 5.30. The molecule has 1 aliphatic rings. The number of nitrogens with zero attached hydrogens (tertiary/aromatic N) is 3. The van der Waals surface area contributed by atoms with E-state index in [-0.39, 0.29) is 0 Å². The molecule has 94 valence electrons. The van der Waals surface area contributed by atoms with Crippen molar-refractivity contribution in [2.24, 2.45) is 4.76 Å². The lowest BCUT2D eigenvalue weighted by atomic mass is 10.2. The second kappa shape index (κ2) is 4.40. The van der Waals surface area contributed by atoms with Crippen molar-refractivity contribution in [1.82, 2.24) is 9.80 Å². The zero-order valence-electron chi connectivity index (χ0n) is 10.8. The van der Waals surface area contributed by atoms with E-state index in [1.807, 2.05) is 44.7 Å². The van der Waals surface area contributed by atoms with Crippen molar-refractivity contribution in [3.63, 3.8) is 0 Å². The van der Waals surface area contributed by atoms with Crippen molar-refractivity contribution >= 4 is 19.7 Å². The van der Waals surface area contributed by atoms with Crippen molar-refractivity contribution < 1.29 is 9.42 Å². The van der Waals surface area contributed by atoms with E-state index in [9.17, 15) is 4.89 Å². The molecule has 1 unspecified atom stereocenters. The molecule has 1 aliphatic heterocycles. The number of guanidine groups is 1. The van der Waals surface area contributed by atoms with Gasteiger partial charge < -0.3 is 19.2 Å². The zero-order valence-corrected chi connectivity index (χ0v) is 11.7. The Hall–Kier alpha value is -0.510. The number of hydrogen-bond donors (Lipinski definition) is 1. The summed E-state index contributed by atoms with van der Waals surface area (Å²) in [4.78, 5) is 14.1. The van der Waals surface area contributed by atoms with Crippen LogP contribution in [-0.4, -0.2) is 59.7 Å². The van der Waals surface area contributed by atoms with Gasteiger partial charge in [0.1, 0.15) is 0 Å². The Kier molecular flexibility index (Phi) is 3.72. The Balaban J connectivity index is 2.85. The first-order chi connectivity index (χ1) is 7.11. The molecule has 0 bridgehead atoms. The molecule has 0 amide bonds. The molecule has 1 rings (SSSR count). The van der Waals surface area contributed by atoms with Gasteiger partial charge in [-0.05, 0) is 27.1 Å². The average Bonchev–Trinajstić information content (AvgIpc) is 2.30. The minimum Gasteiger partial charge on any atom is -0.344 e. The summed E-state index contributed by atoms with van der Waals surface area (Å²) in [6, 6.07) is 0. The number of rotatable bonds is 2. The normalized spacial score (nSPS) is 21.2. The van der Waals surface area contributed by atoms with Crippen LogP contribution in [0.4, 0.5) is 0 Å². The van der Waals surface area contributed by atoms with Gasteiger partial charge in [0.15, 0.2) is 0 Å². The van der Waals surface area contributed by atoms with Gasteiger partial charge in [-0.15, -0.1) is 0 Å². The molecule has 1 saturated heterocycles. The van der Waals surface area contributed by atoms with Crippen LogP contribution >= 0.6 is 7.49 Å². The molecule has 0 aromatic heterocycles. The standard InChI is InChI=1S/C10H22N3O2P/c1-10(2,3)15-16(6,14)11-9-12(4)7-8-13(9)5/h14H,6-8H2,1-5H3. The first kappa shape index (κ1) is 13.6. The van der Waals surface area contributed by atoms with Crippen molar-refractivity contribution in [2.45, 2.75) is 26.4 Å². The van der Waals surface area contributed by atoms with Crippen LogP contribution in [0, 0.1) is 0 Å². The fourth-order valence-corrected chi connectivity index (χ4v) is 3.05. The monoisotopic (exact) mass is 247 g/mol. The largest absolute Gasteiger partial charge is 0.344 e. The maximum atomic E-state index is 10.1. The molecule has 6 heteroatoms. The summed E-state index contributed by atoms with van der Waals surface area (Å²) in [6.07, 6.45) is 3.69. The fourth-order valence-electron chi connectivity index (χ4n) is 1.54. The summed E-state index contributed by atoms with van der Waals surface area (Å²) < 4.78 is 9.76. The molecule has 0 spiro atoms. The second-order valence-electron chi connectivity index (χ2n) is 5.11. The van der Waals surface area contributed by atoms with E-state index in [1.54, 1.807) is 0 Å². The van der Waals surface area contributed by atoms with E-state index in [0.29, 0.717) is 0 Å². The van der Waals surface area contributed by atoms with E-state index in [0.717, 1.165) is 19.0 Å². The van der Waals surface area contributed by atoms with Crippen LogP contribution < -0.4 is 0 Å². The topological polar surface area (TPSA) is 48.3 Å². The SMILES string of the molecule is C=P(O)(N=C1N(C)CCN1C)OC(C)(C)C. The fraction of sp³-hybridized carbons (Fsp3) is 0.800. The molecular weight excluding hydrogens is 225 g/mol. The molecule has 0 radical (unpaired) electrons. The summed E-state index contributed by atoms with van der Waals surface area (Å²) in [5.74, 6) is 0.745. The van der Waals surface area contributed by atoms with Crippen LogP contribution in [0.25, 0.3) is 0 Å². The van der Waals surface area contributed by atoms with Gasteiger partial charge in [-0.2, -0.15) is 4.76 Å². The van der Waals surface area contributed by atoms with E-state index < -0.39 is 13.1 Å². The molecule has 1 N–H and O–H groups in total. The summed E-state index contributed by atoms with van der Waals surface area (Å²) in [5, 5.41) is 0. The maximum absolute atomic E-state index is 10.1. The third-order valence-corrected chi connectivity index (χ3v) is 3.45. The quantitative estimate of drug-likeness (QED) is 0.745. The molecule has 16 heavy (non-hydrogen) atoms. The lowest BCUT2D eigenvalue weighted by Crippen LogP contribution is -2.28. The first-order valence-corrected chi connectivity index (χ1v) is 7.10. The average molecular weight is 247 g/mol. The molecule has 0 aliphatic carbocycles. The van der Waals surface area contributed by atoms with Crippen molar-refractivity contribution in [3.05, 3.63) is 0 Å². The Labute approximate surface area is 97.9 Å². The van der Waals surface area contributed by atoms with Gasteiger partial charge in [0.2, 0.25) is 13.5 Å². The Bertz CT molecular complexity index is 323. The summed E-state index contributed by atoms with van der Waals surface area (Å²) in [6.45, 7) is 7.46. The van der Waals surface area contributed by atoms with E-state index in [1.165, 1.54) is 0 Å². The summed E-state index contributed by atoms with van der Waals surface area (Å²) in [5.41, 5.74) is -0.440. The van der Waals surface area contributed by atoms with Crippen LogP contribution in [0.5, 0.6) is 0 Å². The minimum absolute atomic E-state index is 0.440. The minimum atomic E-state index is -2.93. The van der Waals surface area contributed by atoms with Gasteiger partial charge in [-0.3, -0.25) is 0 Å². The highest BCUT2D eigenvalue weighted by atomic mass is 31.2. The summed E-state index contributed by atoms with van der Waals surface area (Å²) in [7, 11) is 0.954. The third kappa shape index (κ3) is 3.81. The van der Waals surface area contributed by atoms with E-state index in [2.05, 4.69) is 11.1 Å². The van der Waals surface area contributed by atoms with Crippen LogP contribution in [0.3, 0.4) is 0 Å². The summed E-state index contributed by atoms with van der Waals surface area (Å²) >= 11 is 0. The molecule has 0 aromatic rings. The van der Waals surface area contributed by atoms with Crippen LogP contribution in [0.2, 0.25) is 0 Å². The maximum Gasteiger partial charge on any atom is 0.234 e. The molecule has 0 aromatic carbocycles. The second-order valence-corrected chi connectivity index (χ2v) is 6.82. The van der Waals surface area contributed by atoms with E-state index >= 15 is 0 Å². The Morgan fingerprint density at radius 3 is 2.12 bits per heavy atom. The van der Waals surface area contributed by atoms with Crippen molar-refractivity contribution in [3.8, 4) is 0 Å². The highest BCUT2D eigenvalue weighted by Gasteiger charge is 2.25. The van der Waals surface area contributed by atoms with E-state index in [4.69, 9.17) is 4.52 Å². The Morgan fingerprint density at radius 1 is 1.31 bits per heavy atom. The lowest BCUT2D eigenvalue weighted by molar-refractivity contribution is 0.131. The van der Waals surface area contributed by atoms with Gasteiger partial charge in [-0.25, -0.2) is 0 Å². The van der Waals surface area contributed by atoms with Crippen molar-refractivity contribution in [2.75, 3.05) is 27.2 Å². The van der Waals surface area contributed by atoms with Gasteiger partial charge in [0.25, 0.3) is 0 Å². The highest BCUT2D eigenvalue weighted by Crippen LogP contribution is 2.47. The Morgan fingerprint density at radius 2 is 1.75 bits per heavy atom. The van der Waals surface area contributed by atoms with Crippen LogP contribution in [0.15, 0.2) is 4.76 Å². The number of hydrogen-bond acceptors (Lipinski definition) is 3. The predicted molar refractivity (Wildman–Crippen MR) is 69.8 cm³/mol. The van der Waals surface area contributed by atoms with Crippen LogP contribution in [0.1, 0.15) is 20.8 Å². The molecule has 1 heterocycles. The smallest absolute Gasteiger partial charge is 0.234 e. The molecule has 1 atom stereocenters. The van der Waals surface area contributed by atoms with Crippen LogP contribution in [-0.2, 0) is 4.52 Å².